The molecule has 130 valence electrons. The lowest BCUT2D eigenvalue weighted by molar-refractivity contribution is -0.136. The summed E-state index contributed by atoms with van der Waals surface area (Å²) in [6.45, 7) is 0.347. The van der Waals surface area contributed by atoms with Gasteiger partial charge in [0.1, 0.15) is 12.4 Å². The Morgan fingerprint density at radius 2 is 1.92 bits per heavy atom. The number of hydrogen-bond donors (Lipinski definition) is 2. The second-order valence-corrected chi connectivity index (χ2v) is 5.26. The van der Waals surface area contributed by atoms with Gasteiger partial charge in [-0.25, -0.2) is 9.18 Å². The lowest BCUT2D eigenvalue weighted by Gasteiger charge is -2.06. The maximum Gasteiger partial charge on any atom is 0.407 e. The Kier molecular flexibility index (Phi) is 6.71. The largest absolute Gasteiger partial charge is 0.481 e. The monoisotopic (exact) mass is 343 g/mol. The van der Waals surface area contributed by atoms with Crippen molar-refractivity contribution in [2.45, 2.75) is 13.0 Å². The number of carboxylic acid groups (broad SMARTS) is 1. The van der Waals surface area contributed by atoms with Crippen LogP contribution in [0.25, 0.3) is 6.08 Å². The summed E-state index contributed by atoms with van der Waals surface area (Å²) >= 11 is 0. The van der Waals surface area contributed by atoms with Crippen molar-refractivity contribution in [1.82, 2.24) is 5.32 Å². The molecule has 6 heteroatoms. The number of ether oxygens (including phenoxy) is 1. The molecule has 0 saturated heterocycles. The molecule has 0 aliphatic heterocycles. The molecule has 2 N–H and O–H groups in total. The molecule has 0 aliphatic carbocycles. The van der Waals surface area contributed by atoms with E-state index >= 15 is 0 Å². The van der Waals surface area contributed by atoms with E-state index in [4.69, 9.17) is 9.84 Å². The van der Waals surface area contributed by atoms with E-state index in [1.54, 1.807) is 12.2 Å². The van der Waals surface area contributed by atoms with Crippen molar-refractivity contribution in [2.75, 3.05) is 6.54 Å². The van der Waals surface area contributed by atoms with Gasteiger partial charge in [-0.1, -0.05) is 48.6 Å². The maximum atomic E-state index is 13.3. The predicted octanol–water partition coefficient (Wildman–Crippen LogP) is 3.39. The van der Waals surface area contributed by atoms with Gasteiger partial charge in [-0.15, -0.1) is 0 Å². The lowest BCUT2D eigenvalue weighted by Crippen LogP contribution is -2.24. The molecule has 0 aliphatic rings. The van der Waals surface area contributed by atoms with E-state index in [2.05, 4.69) is 5.32 Å². The Hall–Kier alpha value is -3.15. The van der Waals surface area contributed by atoms with Gasteiger partial charge in [0.15, 0.2) is 0 Å². The molecule has 0 unspecified atom stereocenters. The number of rotatable bonds is 7. The van der Waals surface area contributed by atoms with Crippen LogP contribution in [-0.4, -0.2) is 23.7 Å². The van der Waals surface area contributed by atoms with Gasteiger partial charge in [0.05, 0.1) is 6.42 Å². The lowest BCUT2D eigenvalue weighted by atomic mass is 10.0. The zero-order valence-corrected chi connectivity index (χ0v) is 13.4. The average molecular weight is 343 g/mol. The molecule has 0 fully saturated rings. The maximum absolute atomic E-state index is 13.3. The molecular formula is C19H18FNO4. The van der Waals surface area contributed by atoms with Crippen LogP contribution in [0.15, 0.2) is 54.6 Å². The van der Waals surface area contributed by atoms with Gasteiger partial charge >= 0.3 is 12.1 Å². The Morgan fingerprint density at radius 1 is 1.16 bits per heavy atom. The van der Waals surface area contributed by atoms with Crippen molar-refractivity contribution in [1.29, 1.82) is 0 Å². The number of nitrogens with one attached hydrogen (secondary N) is 1. The first-order valence-electron chi connectivity index (χ1n) is 7.66. The fourth-order valence-electron chi connectivity index (χ4n) is 2.15. The summed E-state index contributed by atoms with van der Waals surface area (Å²) in [6.07, 6.45) is 2.40. The predicted molar refractivity (Wildman–Crippen MR) is 91.4 cm³/mol. The summed E-state index contributed by atoms with van der Waals surface area (Å²) in [5, 5.41) is 11.4. The van der Waals surface area contributed by atoms with Crippen molar-refractivity contribution in [3.05, 3.63) is 77.1 Å². The molecule has 0 bridgehead atoms. The molecule has 5 nitrogen and oxygen atoms in total. The fraction of sp³-hybridized carbons (Fsp3) is 0.158. The zero-order chi connectivity index (χ0) is 18.1. The summed E-state index contributed by atoms with van der Waals surface area (Å²) in [5.74, 6) is -1.45. The van der Waals surface area contributed by atoms with E-state index < -0.39 is 17.9 Å². The van der Waals surface area contributed by atoms with Gasteiger partial charge in [-0.3, -0.25) is 4.79 Å². The molecule has 0 saturated carbocycles. The summed E-state index contributed by atoms with van der Waals surface area (Å²) in [7, 11) is 0. The Labute approximate surface area is 144 Å². The van der Waals surface area contributed by atoms with Crippen LogP contribution in [0.5, 0.6) is 0 Å². The quantitative estimate of drug-likeness (QED) is 0.808. The highest BCUT2D eigenvalue weighted by atomic mass is 19.1. The molecule has 0 radical (unpaired) electrons. The van der Waals surface area contributed by atoms with Crippen LogP contribution in [0.1, 0.15) is 16.7 Å². The molecule has 2 rings (SSSR count). The van der Waals surface area contributed by atoms with Gasteiger partial charge in [0.2, 0.25) is 0 Å². The van der Waals surface area contributed by atoms with Crippen molar-refractivity contribution >= 4 is 18.1 Å². The fourth-order valence-corrected chi connectivity index (χ4v) is 2.15. The van der Waals surface area contributed by atoms with E-state index in [-0.39, 0.29) is 19.6 Å². The molecule has 25 heavy (non-hydrogen) atoms. The molecule has 2 aromatic carbocycles. The van der Waals surface area contributed by atoms with Gasteiger partial charge in [0, 0.05) is 6.54 Å². The molecule has 0 atom stereocenters. The van der Waals surface area contributed by atoms with Crippen LogP contribution < -0.4 is 5.32 Å². The minimum absolute atomic E-state index is 0.170. The number of benzene rings is 2. The van der Waals surface area contributed by atoms with Gasteiger partial charge in [-0.05, 0) is 28.8 Å². The summed E-state index contributed by atoms with van der Waals surface area (Å²) < 4.78 is 18.4. The average Bonchev–Trinajstić information content (AvgIpc) is 2.59. The molecular weight excluding hydrogens is 325 g/mol. The molecule has 1 amide bonds. The van der Waals surface area contributed by atoms with E-state index in [1.807, 2.05) is 30.3 Å². The molecule has 0 aromatic heterocycles. The van der Waals surface area contributed by atoms with E-state index in [0.29, 0.717) is 11.1 Å². The van der Waals surface area contributed by atoms with Crippen LogP contribution in [-0.2, 0) is 22.6 Å². The summed E-state index contributed by atoms with van der Waals surface area (Å²) in [4.78, 5) is 22.4. The Bertz CT molecular complexity index is 759. The second-order valence-electron chi connectivity index (χ2n) is 5.26. The first-order valence-corrected chi connectivity index (χ1v) is 7.66. The summed E-state index contributed by atoms with van der Waals surface area (Å²) in [6, 6.07) is 13.2. The zero-order valence-electron chi connectivity index (χ0n) is 13.4. The molecule has 2 aromatic rings. The van der Waals surface area contributed by atoms with Gasteiger partial charge < -0.3 is 15.2 Å². The third kappa shape index (κ3) is 6.47. The third-order valence-electron chi connectivity index (χ3n) is 3.32. The van der Waals surface area contributed by atoms with Crippen molar-refractivity contribution in [2.24, 2.45) is 0 Å². The number of alkyl carbamates (subject to hydrolysis) is 1. The van der Waals surface area contributed by atoms with Crippen LogP contribution in [0.2, 0.25) is 0 Å². The summed E-state index contributed by atoms with van der Waals surface area (Å²) in [5.41, 5.74) is 1.84. The third-order valence-corrected chi connectivity index (χ3v) is 3.32. The smallest absolute Gasteiger partial charge is 0.407 e. The number of amides is 1. The Morgan fingerprint density at radius 3 is 2.64 bits per heavy atom. The molecule has 0 spiro atoms. The first kappa shape index (κ1) is 18.2. The number of carboxylic acids is 1. The molecule has 0 heterocycles. The SMILES string of the molecule is O=C(O)Cc1ccc(F)cc1C=CCNC(=O)OCc1ccccc1. The van der Waals surface area contributed by atoms with Crippen LogP contribution in [0.3, 0.4) is 0 Å². The Balaban J connectivity index is 1.83. The normalized spacial score (nSPS) is 10.6. The highest BCUT2D eigenvalue weighted by molar-refractivity contribution is 5.73. The minimum Gasteiger partial charge on any atom is -0.481 e. The first-order chi connectivity index (χ1) is 12.0. The van der Waals surface area contributed by atoms with Crippen molar-refractivity contribution < 1.29 is 23.8 Å². The number of aliphatic carboxylic acids is 1. The van der Waals surface area contributed by atoms with E-state index in [9.17, 15) is 14.0 Å². The van der Waals surface area contributed by atoms with Crippen molar-refractivity contribution in [3.8, 4) is 0 Å². The standard InChI is InChI=1S/C19H18FNO4/c20-17-9-8-16(12-18(22)23)15(11-17)7-4-10-21-19(24)25-13-14-5-2-1-3-6-14/h1-9,11H,10,12-13H2,(H,21,24)(H,22,23). The van der Waals surface area contributed by atoms with Crippen LogP contribution in [0, 0.1) is 5.82 Å². The highest BCUT2D eigenvalue weighted by Crippen LogP contribution is 2.14. The highest BCUT2D eigenvalue weighted by Gasteiger charge is 2.06. The van der Waals surface area contributed by atoms with Gasteiger partial charge in [-0.2, -0.15) is 0 Å². The second kappa shape index (κ2) is 9.22. The van der Waals surface area contributed by atoms with Crippen LogP contribution in [0.4, 0.5) is 9.18 Å². The number of halogens is 1. The number of hydrogen-bond acceptors (Lipinski definition) is 3. The van der Waals surface area contributed by atoms with Crippen LogP contribution >= 0.6 is 0 Å². The van der Waals surface area contributed by atoms with E-state index in [0.717, 1.165) is 5.56 Å². The van der Waals surface area contributed by atoms with Gasteiger partial charge in [0.25, 0.3) is 0 Å². The number of carbonyl (C=O) groups is 2. The topological polar surface area (TPSA) is 75.6 Å². The van der Waals surface area contributed by atoms with E-state index in [1.165, 1.54) is 18.2 Å². The number of carbonyl (C=O) groups excluding carboxylic acids is 1. The minimum atomic E-state index is -0.996. The van der Waals surface area contributed by atoms with Crippen molar-refractivity contribution in [3.63, 3.8) is 0 Å².